The summed E-state index contributed by atoms with van der Waals surface area (Å²) in [5.74, 6) is -0.163. The van der Waals surface area contributed by atoms with Gasteiger partial charge in [-0.25, -0.2) is 10.2 Å². The van der Waals surface area contributed by atoms with E-state index in [1.165, 1.54) is 25.5 Å². The maximum Gasteiger partial charge on any atom is 0.335 e. The molecule has 0 unspecified atom stereocenters. The van der Waals surface area contributed by atoms with E-state index in [2.05, 4.69) is 26.5 Å². The number of hydrogen-bond donors (Lipinski definition) is 2. The third kappa shape index (κ3) is 6.78. The van der Waals surface area contributed by atoms with Crippen molar-refractivity contribution in [2.75, 3.05) is 40.0 Å². The molecule has 0 radical (unpaired) electrons. The molecule has 0 atom stereocenters. The maximum atomic E-state index is 12.0. The van der Waals surface area contributed by atoms with E-state index in [1.807, 2.05) is 4.90 Å². The van der Waals surface area contributed by atoms with Crippen LogP contribution in [0.5, 0.6) is 11.5 Å². The van der Waals surface area contributed by atoms with Crippen molar-refractivity contribution < 1.29 is 28.9 Å². The predicted molar refractivity (Wildman–Crippen MR) is 121 cm³/mol. The molecular weight excluding hydrogens is 482 g/mol. The lowest BCUT2D eigenvalue weighted by molar-refractivity contribution is -0.123. The maximum absolute atomic E-state index is 12.0. The van der Waals surface area contributed by atoms with Gasteiger partial charge in [-0.15, -0.1) is 0 Å². The van der Waals surface area contributed by atoms with Crippen LogP contribution in [0.4, 0.5) is 0 Å². The lowest BCUT2D eigenvalue weighted by Gasteiger charge is -2.25. The molecule has 1 heterocycles. The van der Waals surface area contributed by atoms with Crippen LogP contribution >= 0.6 is 15.9 Å². The molecule has 0 aliphatic carbocycles. The summed E-state index contributed by atoms with van der Waals surface area (Å²) in [5, 5.41) is 13.0. The van der Waals surface area contributed by atoms with E-state index < -0.39 is 5.97 Å². The molecule has 1 aliphatic heterocycles. The number of ether oxygens (including phenoxy) is 3. The number of rotatable bonds is 9. The molecule has 1 amide bonds. The van der Waals surface area contributed by atoms with E-state index in [-0.39, 0.29) is 24.6 Å². The van der Waals surface area contributed by atoms with Crippen LogP contribution in [-0.4, -0.2) is 68.1 Å². The third-order valence-electron chi connectivity index (χ3n) is 4.74. The van der Waals surface area contributed by atoms with Crippen molar-refractivity contribution in [1.29, 1.82) is 0 Å². The minimum atomic E-state index is -0.974. The SMILES string of the molecule is COc1cc(/C=N/NC(=O)CN2CCOCC2)c(Br)cc1OCc1ccc(C(=O)O)cc1. The van der Waals surface area contributed by atoms with Crippen LogP contribution in [0, 0.1) is 0 Å². The first-order valence-corrected chi connectivity index (χ1v) is 10.7. The van der Waals surface area contributed by atoms with Gasteiger partial charge in [0, 0.05) is 23.1 Å². The van der Waals surface area contributed by atoms with Gasteiger partial charge in [0.1, 0.15) is 6.61 Å². The molecule has 0 aromatic heterocycles. The number of carbonyl (C=O) groups excluding carboxylic acids is 1. The van der Waals surface area contributed by atoms with E-state index in [4.69, 9.17) is 19.3 Å². The van der Waals surface area contributed by atoms with Gasteiger partial charge >= 0.3 is 5.97 Å². The fourth-order valence-corrected chi connectivity index (χ4v) is 3.42. The summed E-state index contributed by atoms with van der Waals surface area (Å²) in [6.45, 7) is 3.23. The minimum absolute atomic E-state index is 0.194. The second-order valence-electron chi connectivity index (χ2n) is 7.00. The number of carbonyl (C=O) groups is 2. The molecule has 170 valence electrons. The van der Waals surface area contributed by atoms with Gasteiger partial charge in [0.15, 0.2) is 11.5 Å². The lowest BCUT2D eigenvalue weighted by Crippen LogP contribution is -2.42. The van der Waals surface area contributed by atoms with Crippen molar-refractivity contribution >= 4 is 34.0 Å². The number of amides is 1. The van der Waals surface area contributed by atoms with Gasteiger partial charge in [0.2, 0.25) is 0 Å². The van der Waals surface area contributed by atoms with Crippen LogP contribution in [-0.2, 0) is 16.1 Å². The van der Waals surface area contributed by atoms with Crippen LogP contribution in [0.3, 0.4) is 0 Å². The number of benzene rings is 2. The number of methoxy groups -OCH3 is 1. The van der Waals surface area contributed by atoms with E-state index in [9.17, 15) is 9.59 Å². The van der Waals surface area contributed by atoms with Crippen molar-refractivity contribution in [3.63, 3.8) is 0 Å². The van der Waals surface area contributed by atoms with E-state index in [1.54, 1.807) is 24.3 Å². The number of halogens is 1. The average molecular weight is 506 g/mol. The van der Waals surface area contributed by atoms with Crippen molar-refractivity contribution in [2.24, 2.45) is 5.10 Å². The Kier molecular flexibility index (Phi) is 8.60. The number of morpholine rings is 1. The minimum Gasteiger partial charge on any atom is -0.493 e. The van der Waals surface area contributed by atoms with Gasteiger partial charge in [-0.05, 0) is 45.8 Å². The molecule has 2 aromatic carbocycles. The largest absolute Gasteiger partial charge is 0.493 e. The Hall–Kier alpha value is -2.95. The van der Waals surface area contributed by atoms with Crippen molar-refractivity contribution in [1.82, 2.24) is 10.3 Å². The Morgan fingerprint density at radius 3 is 2.59 bits per heavy atom. The summed E-state index contributed by atoms with van der Waals surface area (Å²) in [4.78, 5) is 25.0. The van der Waals surface area contributed by atoms with Crippen molar-refractivity contribution in [3.05, 3.63) is 57.6 Å². The first-order valence-electron chi connectivity index (χ1n) is 9.91. The number of carboxylic acids is 1. The smallest absolute Gasteiger partial charge is 0.335 e. The number of carboxylic acid groups (broad SMARTS) is 1. The predicted octanol–water partition coefficient (Wildman–Crippen LogP) is 2.52. The quantitative estimate of drug-likeness (QED) is 0.398. The number of nitrogens with one attached hydrogen (secondary N) is 1. The van der Waals surface area contributed by atoms with Crippen LogP contribution in [0.2, 0.25) is 0 Å². The van der Waals surface area contributed by atoms with Crippen LogP contribution < -0.4 is 14.9 Å². The van der Waals surface area contributed by atoms with E-state index in [0.29, 0.717) is 34.7 Å². The molecule has 0 saturated carbocycles. The Balaban J connectivity index is 1.59. The molecule has 2 N–H and O–H groups in total. The third-order valence-corrected chi connectivity index (χ3v) is 5.43. The highest BCUT2D eigenvalue weighted by molar-refractivity contribution is 9.10. The van der Waals surface area contributed by atoms with Gasteiger partial charge < -0.3 is 19.3 Å². The summed E-state index contributed by atoms with van der Waals surface area (Å²) in [6.07, 6.45) is 1.53. The van der Waals surface area contributed by atoms with Crippen LogP contribution in [0.1, 0.15) is 21.5 Å². The van der Waals surface area contributed by atoms with Crippen LogP contribution in [0.15, 0.2) is 46.0 Å². The highest BCUT2D eigenvalue weighted by Gasteiger charge is 2.14. The second-order valence-corrected chi connectivity index (χ2v) is 7.85. The number of hydrogen-bond acceptors (Lipinski definition) is 7. The number of hydrazone groups is 1. The summed E-state index contributed by atoms with van der Waals surface area (Å²) in [5.41, 5.74) is 4.27. The summed E-state index contributed by atoms with van der Waals surface area (Å²) in [7, 11) is 1.53. The van der Waals surface area contributed by atoms with Crippen LogP contribution in [0.25, 0.3) is 0 Å². The van der Waals surface area contributed by atoms with Crippen molar-refractivity contribution in [2.45, 2.75) is 6.61 Å². The molecule has 10 heteroatoms. The summed E-state index contributed by atoms with van der Waals surface area (Å²) in [6, 6.07) is 9.95. The highest BCUT2D eigenvalue weighted by Crippen LogP contribution is 2.33. The Bertz CT molecular complexity index is 974. The molecule has 2 aromatic rings. The first-order chi connectivity index (χ1) is 15.5. The topological polar surface area (TPSA) is 110 Å². The monoisotopic (exact) mass is 505 g/mol. The Morgan fingerprint density at radius 2 is 1.94 bits per heavy atom. The zero-order chi connectivity index (χ0) is 22.9. The van der Waals surface area contributed by atoms with Gasteiger partial charge in [-0.1, -0.05) is 12.1 Å². The normalized spacial score (nSPS) is 14.3. The lowest BCUT2D eigenvalue weighted by atomic mass is 10.1. The van der Waals surface area contributed by atoms with Gasteiger partial charge in [-0.2, -0.15) is 5.10 Å². The zero-order valence-corrected chi connectivity index (χ0v) is 19.1. The molecule has 1 saturated heterocycles. The van der Waals surface area contributed by atoms with Crippen molar-refractivity contribution in [3.8, 4) is 11.5 Å². The molecule has 0 spiro atoms. The molecular formula is C22H24BrN3O6. The molecule has 32 heavy (non-hydrogen) atoms. The molecule has 0 bridgehead atoms. The number of aromatic carboxylic acids is 1. The molecule has 3 rings (SSSR count). The Morgan fingerprint density at radius 1 is 1.22 bits per heavy atom. The van der Waals surface area contributed by atoms with E-state index in [0.717, 1.165) is 18.7 Å². The highest BCUT2D eigenvalue weighted by atomic mass is 79.9. The molecule has 9 nitrogen and oxygen atoms in total. The fraction of sp³-hybridized carbons (Fsp3) is 0.318. The second kappa shape index (κ2) is 11.6. The van der Waals surface area contributed by atoms with Gasteiger partial charge in [0.05, 0.1) is 38.6 Å². The summed E-state index contributed by atoms with van der Waals surface area (Å²) < 4.78 is 17.2. The zero-order valence-electron chi connectivity index (χ0n) is 17.5. The first kappa shape index (κ1) is 23.7. The Labute approximate surface area is 194 Å². The number of nitrogens with zero attached hydrogens (tertiary/aromatic N) is 2. The van der Waals surface area contributed by atoms with Gasteiger partial charge in [-0.3, -0.25) is 9.69 Å². The van der Waals surface area contributed by atoms with E-state index >= 15 is 0 Å². The summed E-state index contributed by atoms with van der Waals surface area (Å²) >= 11 is 3.48. The molecule has 1 fully saturated rings. The molecule has 1 aliphatic rings. The standard InChI is InChI=1S/C22H24BrN3O6/c1-30-19-10-17(12-24-25-21(27)13-26-6-8-31-9-7-26)18(23)11-20(19)32-14-15-2-4-16(5-3-15)22(28)29/h2-5,10-12H,6-9,13-14H2,1H3,(H,25,27)(H,28,29)/b24-12+. The fourth-order valence-electron chi connectivity index (χ4n) is 3.00. The average Bonchev–Trinajstić information content (AvgIpc) is 2.79. The van der Waals surface area contributed by atoms with Gasteiger partial charge in [0.25, 0.3) is 5.91 Å².